The molecule has 0 aliphatic carbocycles. The summed E-state index contributed by atoms with van der Waals surface area (Å²) >= 11 is 3.25. The highest BCUT2D eigenvalue weighted by Gasteiger charge is 2.09. The first-order valence-corrected chi connectivity index (χ1v) is 6.37. The van der Waals surface area contributed by atoms with Crippen molar-refractivity contribution in [3.63, 3.8) is 0 Å². The number of halogens is 2. The third kappa shape index (κ3) is 3.29. The second kappa shape index (κ2) is 5.95. The third-order valence-corrected chi connectivity index (χ3v) is 2.72. The Balaban J connectivity index is 1.99. The topological polar surface area (TPSA) is 48.2 Å². The number of aryl methyl sites for hydroxylation is 1. The standard InChI is InChI=1S/C12H12BrFN2O2/c1-2-3-11-15-12(18-16-11)7-17-10-6-8(13)4-5-9(10)14/h4-6H,2-3,7H2,1H3. The monoisotopic (exact) mass is 314 g/mol. The first kappa shape index (κ1) is 13.0. The van der Waals surface area contributed by atoms with Crippen molar-refractivity contribution in [2.24, 2.45) is 0 Å². The zero-order chi connectivity index (χ0) is 13.0. The van der Waals surface area contributed by atoms with E-state index in [1.807, 2.05) is 6.92 Å². The van der Waals surface area contributed by atoms with Crippen molar-refractivity contribution >= 4 is 15.9 Å². The fourth-order valence-electron chi connectivity index (χ4n) is 1.40. The van der Waals surface area contributed by atoms with E-state index in [-0.39, 0.29) is 12.4 Å². The van der Waals surface area contributed by atoms with Crippen LogP contribution in [-0.4, -0.2) is 10.1 Å². The van der Waals surface area contributed by atoms with Gasteiger partial charge in [-0.2, -0.15) is 4.98 Å². The molecule has 0 aliphatic rings. The first-order valence-electron chi connectivity index (χ1n) is 5.58. The van der Waals surface area contributed by atoms with Gasteiger partial charge in [0.05, 0.1) is 0 Å². The molecule has 0 radical (unpaired) electrons. The van der Waals surface area contributed by atoms with Crippen LogP contribution in [0.2, 0.25) is 0 Å². The van der Waals surface area contributed by atoms with Gasteiger partial charge in [0, 0.05) is 10.9 Å². The zero-order valence-corrected chi connectivity index (χ0v) is 11.4. The molecule has 0 aliphatic heterocycles. The molecule has 6 heteroatoms. The van der Waals surface area contributed by atoms with E-state index >= 15 is 0 Å². The molecule has 0 saturated heterocycles. The minimum absolute atomic E-state index is 0.0596. The van der Waals surface area contributed by atoms with Crippen molar-refractivity contribution in [1.82, 2.24) is 10.1 Å². The van der Waals surface area contributed by atoms with Crippen molar-refractivity contribution in [1.29, 1.82) is 0 Å². The van der Waals surface area contributed by atoms with Gasteiger partial charge >= 0.3 is 0 Å². The fraction of sp³-hybridized carbons (Fsp3) is 0.333. The molecule has 0 saturated carbocycles. The van der Waals surface area contributed by atoms with E-state index in [1.165, 1.54) is 6.07 Å². The SMILES string of the molecule is CCCc1noc(COc2cc(Br)ccc2F)n1. The molecule has 0 unspecified atom stereocenters. The summed E-state index contributed by atoms with van der Waals surface area (Å²) in [6.45, 7) is 2.09. The molecule has 18 heavy (non-hydrogen) atoms. The van der Waals surface area contributed by atoms with Gasteiger partial charge in [-0.05, 0) is 24.6 Å². The number of rotatable bonds is 5. The van der Waals surface area contributed by atoms with E-state index in [2.05, 4.69) is 26.1 Å². The predicted molar refractivity (Wildman–Crippen MR) is 66.7 cm³/mol. The zero-order valence-electron chi connectivity index (χ0n) is 9.82. The van der Waals surface area contributed by atoms with E-state index in [0.717, 1.165) is 17.3 Å². The van der Waals surface area contributed by atoms with Gasteiger partial charge in [0.2, 0.25) is 0 Å². The Morgan fingerprint density at radius 2 is 2.28 bits per heavy atom. The number of nitrogens with zero attached hydrogens (tertiary/aromatic N) is 2. The van der Waals surface area contributed by atoms with Crippen LogP contribution in [0.15, 0.2) is 27.2 Å². The highest BCUT2D eigenvalue weighted by atomic mass is 79.9. The van der Waals surface area contributed by atoms with Crippen molar-refractivity contribution in [2.45, 2.75) is 26.4 Å². The minimum atomic E-state index is -0.425. The molecule has 96 valence electrons. The number of hydrogen-bond acceptors (Lipinski definition) is 4. The predicted octanol–water partition coefficient (Wildman–Crippen LogP) is 3.50. The summed E-state index contributed by atoms with van der Waals surface area (Å²) < 4.78 is 24.4. The van der Waals surface area contributed by atoms with Crippen molar-refractivity contribution in [3.8, 4) is 5.75 Å². The van der Waals surface area contributed by atoms with E-state index in [9.17, 15) is 4.39 Å². The maximum Gasteiger partial charge on any atom is 0.264 e. The van der Waals surface area contributed by atoms with Gasteiger partial charge in [-0.25, -0.2) is 4.39 Å². The van der Waals surface area contributed by atoms with Crippen molar-refractivity contribution < 1.29 is 13.7 Å². The second-order valence-electron chi connectivity index (χ2n) is 3.72. The number of benzene rings is 1. The Kier molecular flexibility index (Phi) is 4.30. The van der Waals surface area contributed by atoms with Crippen molar-refractivity contribution in [2.75, 3.05) is 0 Å². The largest absolute Gasteiger partial charge is 0.481 e. The van der Waals surface area contributed by atoms with Crippen LogP contribution in [0.1, 0.15) is 25.1 Å². The van der Waals surface area contributed by atoms with Gasteiger partial charge in [0.25, 0.3) is 5.89 Å². The Morgan fingerprint density at radius 3 is 3.06 bits per heavy atom. The Hall–Kier alpha value is -1.43. The molecule has 1 aromatic heterocycles. The Labute approximate surface area is 112 Å². The number of aromatic nitrogens is 2. The van der Waals surface area contributed by atoms with Crippen LogP contribution in [0.4, 0.5) is 4.39 Å². The lowest BCUT2D eigenvalue weighted by atomic mass is 10.3. The minimum Gasteiger partial charge on any atom is -0.481 e. The number of hydrogen-bond donors (Lipinski definition) is 0. The molecule has 0 amide bonds. The summed E-state index contributed by atoms with van der Waals surface area (Å²) in [5, 5.41) is 3.79. The molecular formula is C12H12BrFN2O2. The highest BCUT2D eigenvalue weighted by molar-refractivity contribution is 9.10. The maximum atomic E-state index is 13.4. The average molecular weight is 315 g/mol. The summed E-state index contributed by atoms with van der Waals surface area (Å²) in [5.41, 5.74) is 0. The fourth-order valence-corrected chi connectivity index (χ4v) is 1.74. The quantitative estimate of drug-likeness (QED) is 0.847. The molecule has 0 atom stereocenters. The molecule has 0 N–H and O–H groups in total. The van der Waals surface area contributed by atoms with Gasteiger partial charge in [0.1, 0.15) is 0 Å². The first-order chi connectivity index (χ1) is 8.69. The van der Waals surface area contributed by atoms with Crippen LogP contribution in [-0.2, 0) is 13.0 Å². The lowest BCUT2D eigenvalue weighted by Gasteiger charge is -2.04. The molecule has 4 nitrogen and oxygen atoms in total. The molecule has 1 aromatic carbocycles. The molecule has 2 aromatic rings. The van der Waals surface area contributed by atoms with Crippen LogP contribution in [0.5, 0.6) is 5.75 Å². The van der Waals surface area contributed by atoms with Gasteiger partial charge in [0.15, 0.2) is 24.0 Å². The summed E-state index contributed by atoms with van der Waals surface area (Å²) in [6, 6.07) is 4.49. The molecular weight excluding hydrogens is 303 g/mol. The van der Waals surface area contributed by atoms with Crippen LogP contribution in [0.3, 0.4) is 0 Å². The van der Waals surface area contributed by atoms with Gasteiger partial charge in [-0.3, -0.25) is 0 Å². The van der Waals surface area contributed by atoms with E-state index in [0.29, 0.717) is 11.7 Å². The molecule has 0 spiro atoms. The maximum absolute atomic E-state index is 13.4. The van der Waals surface area contributed by atoms with Crippen molar-refractivity contribution in [3.05, 3.63) is 40.2 Å². The van der Waals surface area contributed by atoms with Crippen LogP contribution < -0.4 is 4.74 Å². The average Bonchev–Trinajstić information content (AvgIpc) is 2.79. The van der Waals surface area contributed by atoms with E-state index < -0.39 is 5.82 Å². The molecule has 0 fully saturated rings. The lowest BCUT2D eigenvalue weighted by Crippen LogP contribution is -1.98. The summed E-state index contributed by atoms with van der Waals surface area (Å²) in [4.78, 5) is 4.13. The van der Waals surface area contributed by atoms with Gasteiger partial charge < -0.3 is 9.26 Å². The van der Waals surface area contributed by atoms with Crippen LogP contribution in [0, 0.1) is 5.82 Å². The van der Waals surface area contributed by atoms with E-state index in [1.54, 1.807) is 12.1 Å². The molecule has 1 heterocycles. The molecule has 0 bridgehead atoms. The van der Waals surface area contributed by atoms with Crippen LogP contribution in [0.25, 0.3) is 0 Å². The third-order valence-electron chi connectivity index (χ3n) is 2.23. The molecule has 2 rings (SSSR count). The van der Waals surface area contributed by atoms with E-state index in [4.69, 9.17) is 9.26 Å². The summed E-state index contributed by atoms with van der Waals surface area (Å²) in [5.74, 6) is 0.717. The Bertz CT molecular complexity index is 531. The smallest absolute Gasteiger partial charge is 0.264 e. The Morgan fingerprint density at radius 1 is 1.44 bits per heavy atom. The lowest BCUT2D eigenvalue weighted by molar-refractivity contribution is 0.234. The van der Waals surface area contributed by atoms with Gasteiger partial charge in [-0.1, -0.05) is 28.0 Å². The second-order valence-corrected chi connectivity index (χ2v) is 4.63. The van der Waals surface area contributed by atoms with Crippen LogP contribution >= 0.6 is 15.9 Å². The number of ether oxygens (including phenoxy) is 1. The summed E-state index contributed by atoms with van der Waals surface area (Å²) in [7, 11) is 0. The van der Waals surface area contributed by atoms with Gasteiger partial charge in [-0.15, -0.1) is 0 Å². The highest BCUT2D eigenvalue weighted by Crippen LogP contribution is 2.22. The summed E-state index contributed by atoms with van der Waals surface area (Å²) in [6.07, 6.45) is 1.70. The normalized spacial score (nSPS) is 10.6.